The number of halogens is 1. The fourth-order valence-corrected chi connectivity index (χ4v) is 4.09. The Balaban J connectivity index is 1.44. The van der Waals surface area contributed by atoms with Gasteiger partial charge in [-0.25, -0.2) is 0 Å². The molecule has 1 amide bonds. The zero-order valence-electron chi connectivity index (χ0n) is 14.3. The number of benzene rings is 1. The number of amides is 1. The van der Waals surface area contributed by atoms with E-state index in [4.69, 9.17) is 11.6 Å². The molecule has 7 heteroatoms. The summed E-state index contributed by atoms with van der Waals surface area (Å²) in [5, 5.41) is 12.7. The van der Waals surface area contributed by atoms with Crippen LogP contribution in [0.25, 0.3) is 0 Å². The van der Waals surface area contributed by atoms with Crippen LogP contribution in [0.1, 0.15) is 46.3 Å². The number of rotatable bonds is 2. The molecule has 3 heterocycles. The first-order valence-electron chi connectivity index (χ1n) is 8.81. The maximum atomic E-state index is 12.8. The summed E-state index contributed by atoms with van der Waals surface area (Å²) in [5.41, 5.74) is 1.68. The molecule has 0 bridgehead atoms. The van der Waals surface area contributed by atoms with Crippen LogP contribution in [0.2, 0.25) is 5.02 Å². The van der Waals surface area contributed by atoms with E-state index in [1.54, 1.807) is 6.07 Å². The number of nitrogens with zero attached hydrogens (tertiary/aromatic N) is 4. The summed E-state index contributed by atoms with van der Waals surface area (Å²) in [6, 6.07) is 5.53. The predicted molar refractivity (Wildman–Crippen MR) is 95.8 cm³/mol. The van der Waals surface area contributed by atoms with Gasteiger partial charge in [-0.2, -0.15) is 0 Å². The van der Waals surface area contributed by atoms with Crippen LogP contribution in [0.4, 0.5) is 0 Å². The Hall–Kier alpha value is -1.92. The standard InChI is InChI=1S/C18H22ClN5O/c1-12-8-14(10-15(19)9-12)18(25)23-5-2-13(3-6-23)17-22-21-16-11-20-4-7-24(16)17/h8-10,13,20H,2-7,11H2,1H3. The lowest BCUT2D eigenvalue weighted by Gasteiger charge is -2.32. The molecule has 0 atom stereocenters. The number of hydrogen-bond donors (Lipinski definition) is 1. The summed E-state index contributed by atoms with van der Waals surface area (Å²) in [7, 11) is 0. The second kappa shape index (κ2) is 6.77. The maximum absolute atomic E-state index is 12.8. The first-order chi connectivity index (χ1) is 12.1. The van der Waals surface area contributed by atoms with Crippen molar-refractivity contribution in [1.29, 1.82) is 0 Å². The Labute approximate surface area is 152 Å². The van der Waals surface area contributed by atoms with Crippen LogP contribution in [0.5, 0.6) is 0 Å². The molecule has 1 aromatic heterocycles. The number of fused-ring (bicyclic) bond motifs is 1. The summed E-state index contributed by atoms with van der Waals surface area (Å²) in [4.78, 5) is 14.7. The fraction of sp³-hybridized carbons (Fsp3) is 0.500. The van der Waals surface area contributed by atoms with E-state index in [1.807, 2.05) is 24.0 Å². The van der Waals surface area contributed by atoms with E-state index in [0.29, 0.717) is 16.5 Å². The fourth-order valence-electron chi connectivity index (χ4n) is 3.80. The molecule has 0 aliphatic carbocycles. The molecule has 0 unspecified atom stereocenters. The van der Waals surface area contributed by atoms with Gasteiger partial charge in [0.2, 0.25) is 0 Å². The van der Waals surface area contributed by atoms with Gasteiger partial charge in [-0.15, -0.1) is 10.2 Å². The van der Waals surface area contributed by atoms with Gasteiger partial charge in [-0.05, 0) is 43.5 Å². The first kappa shape index (κ1) is 16.5. The highest BCUT2D eigenvalue weighted by atomic mass is 35.5. The van der Waals surface area contributed by atoms with E-state index in [9.17, 15) is 4.79 Å². The predicted octanol–water partition coefficient (Wildman–Crippen LogP) is 2.36. The van der Waals surface area contributed by atoms with Gasteiger partial charge in [0.05, 0.1) is 6.54 Å². The molecule has 2 aromatic rings. The SMILES string of the molecule is Cc1cc(Cl)cc(C(=O)N2CCC(c3nnc4n3CCNC4)CC2)c1. The van der Waals surface area contributed by atoms with Crippen molar-refractivity contribution in [2.75, 3.05) is 19.6 Å². The van der Waals surface area contributed by atoms with Crippen molar-refractivity contribution in [3.05, 3.63) is 46.0 Å². The van der Waals surface area contributed by atoms with Crippen LogP contribution < -0.4 is 5.32 Å². The quantitative estimate of drug-likeness (QED) is 0.894. The third kappa shape index (κ3) is 3.28. The lowest BCUT2D eigenvalue weighted by atomic mass is 9.95. The number of aryl methyl sites for hydroxylation is 1. The Bertz CT molecular complexity index is 775. The average Bonchev–Trinajstić information content (AvgIpc) is 3.04. The Morgan fingerprint density at radius 1 is 1.20 bits per heavy atom. The van der Waals surface area contributed by atoms with Gasteiger partial charge in [0.1, 0.15) is 11.6 Å². The Kier molecular flexibility index (Phi) is 4.48. The van der Waals surface area contributed by atoms with Gasteiger partial charge < -0.3 is 14.8 Å². The van der Waals surface area contributed by atoms with Crippen LogP contribution in [-0.4, -0.2) is 45.2 Å². The van der Waals surface area contributed by atoms with Crippen molar-refractivity contribution in [3.63, 3.8) is 0 Å². The molecule has 25 heavy (non-hydrogen) atoms. The van der Waals surface area contributed by atoms with Crippen LogP contribution >= 0.6 is 11.6 Å². The zero-order chi connectivity index (χ0) is 17.4. The lowest BCUT2D eigenvalue weighted by Crippen LogP contribution is -2.39. The number of carbonyl (C=O) groups excluding carboxylic acids is 1. The van der Waals surface area contributed by atoms with Crippen molar-refractivity contribution in [1.82, 2.24) is 25.0 Å². The highest BCUT2D eigenvalue weighted by Crippen LogP contribution is 2.29. The minimum atomic E-state index is 0.0662. The first-order valence-corrected chi connectivity index (χ1v) is 9.19. The molecule has 1 saturated heterocycles. The summed E-state index contributed by atoms with van der Waals surface area (Å²) in [5.74, 6) is 2.55. The van der Waals surface area contributed by atoms with Crippen LogP contribution in [0.15, 0.2) is 18.2 Å². The topological polar surface area (TPSA) is 63.1 Å². The van der Waals surface area contributed by atoms with Crippen molar-refractivity contribution in [2.45, 2.75) is 38.8 Å². The number of carbonyl (C=O) groups is 1. The summed E-state index contributed by atoms with van der Waals surface area (Å²) < 4.78 is 2.25. The molecule has 1 fully saturated rings. The van der Waals surface area contributed by atoms with Crippen LogP contribution in [0, 0.1) is 6.92 Å². The van der Waals surface area contributed by atoms with Gasteiger partial charge in [0.25, 0.3) is 5.91 Å². The molecule has 132 valence electrons. The molecule has 6 nitrogen and oxygen atoms in total. The van der Waals surface area contributed by atoms with E-state index in [2.05, 4.69) is 20.1 Å². The average molecular weight is 360 g/mol. The normalized spacial score (nSPS) is 18.2. The van der Waals surface area contributed by atoms with Gasteiger partial charge in [-0.1, -0.05) is 11.6 Å². The number of hydrogen-bond acceptors (Lipinski definition) is 4. The van der Waals surface area contributed by atoms with E-state index in [1.165, 1.54) is 0 Å². The number of aromatic nitrogens is 3. The largest absolute Gasteiger partial charge is 0.339 e. The minimum Gasteiger partial charge on any atom is -0.339 e. The van der Waals surface area contributed by atoms with E-state index in [0.717, 1.165) is 62.8 Å². The van der Waals surface area contributed by atoms with E-state index >= 15 is 0 Å². The molecule has 1 aromatic carbocycles. The Morgan fingerprint density at radius 2 is 2.00 bits per heavy atom. The van der Waals surface area contributed by atoms with E-state index in [-0.39, 0.29) is 5.91 Å². The van der Waals surface area contributed by atoms with Crippen LogP contribution in [0.3, 0.4) is 0 Å². The number of nitrogens with one attached hydrogen (secondary N) is 1. The van der Waals surface area contributed by atoms with Gasteiger partial charge in [0, 0.05) is 42.7 Å². The molecule has 4 rings (SSSR count). The van der Waals surface area contributed by atoms with Crippen molar-refractivity contribution in [2.24, 2.45) is 0 Å². The smallest absolute Gasteiger partial charge is 0.253 e. The summed E-state index contributed by atoms with van der Waals surface area (Å²) in [6.07, 6.45) is 1.85. The molecule has 2 aliphatic rings. The Morgan fingerprint density at radius 3 is 2.76 bits per heavy atom. The molecule has 0 radical (unpaired) electrons. The molecular weight excluding hydrogens is 338 g/mol. The van der Waals surface area contributed by atoms with Gasteiger partial charge >= 0.3 is 0 Å². The van der Waals surface area contributed by atoms with Gasteiger partial charge in [0.15, 0.2) is 0 Å². The third-order valence-electron chi connectivity index (χ3n) is 5.09. The molecule has 0 saturated carbocycles. The minimum absolute atomic E-state index is 0.0662. The van der Waals surface area contributed by atoms with Crippen LogP contribution in [-0.2, 0) is 13.1 Å². The lowest BCUT2D eigenvalue weighted by molar-refractivity contribution is 0.0710. The molecular formula is C18H22ClN5O. The van der Waals surface area contributed by atoms with Crippen molar-refractivity contribution < 1.29 is 4.79 Å². The summed E-state index contributed by atoms with van der Waals surface area (Å²) >= 11 is 6.10. The van der Waals surface area contributed by atoms with Crippen molar-refractivity contribution >= 4 is 17.5 Å². The summed E-state index contributed by atoms with van der Waals surface area (Å²) in [6.45, 7) is 6.13. The molecule has 1 N–H and O–H groups in total. The molecule has 0 spiro atoms. The second-order valence-corrected chi connectivity index (χ2v) is 7.32. The van der Waals surface area contributed by atoms with Gasteiger partial charge in [-0.3, -0.25) is 4.79 Å². The molecule has 2 aliphatic heterocycles. The number of piperidine rings is 1. The monoisotopic (exact) mass is 359 g/mol. The zero-order valence-corrected chi connectivity index (χ0v) is 15.1. The second-order valence-electron chi connectivity index (χ2n) is 6.89. The number of likely N-dealkylation sites (tertiary alicyclic amines) is 1. The van der Waals surface area contributed by atoms with E-state index < -0.39 is 0 Å². The highest BCUT2D eigenvalue weighted by molar-refractivity contribution is 6.31. The third-order valence-corrected chi connectivity index (χ3v) is 5.31. The highest BCUT2D eigenvalue weighted by Gasteiger charge is 2.29. The maximum Gasteiger partial charge on any atom is 0.253 e. The van der Waals surface area contributed by atoms with Crippen molar-refractivity contribution in [3.8, 4) is 0 Å².